The van der Waals surface area contributed by atoms with E-state index in [4.69, 9.17) is 5.11 Å². The molecule has 0 aromatic heterocycles. The predicted molar refractivity (Wildman–Crippen MR) is 77.3 cm³/mol. The van der Waals surface area contributed by atoms with Crippen LogP contribution in [0.2, 0.25) is 0 Å². The van der Waals surface area contributed by atoms with Gasteiger partial charge in [-0.25, -0.2) is 4.79 Å². The van der Waals surface area contributed by atoms with Gasteiger partial charge in [-0.15, -0.1) is 0 Å². The zero-order chi connectivity index (χ0) is 14.4. The van der Waals surface area contributed by atoms with Crippen LogP contribution in [0.5, 0.6) is 0 Å². The van der Waals surface area contributed by atoms with E-state index in [1.54, 1.807) is 13.0 Å². The number of anilines is 1. The summed E-state index contributed by atoms with van der Waals surface area (Å²) >= 11 is 3.37. The molecule has 2 amide bonds. The first-order chi connectivity index (χ1) is 8.90. The van der Waals surface area contributed by atoms with Gasteiger partial charge in [0.05, 0.1) is 11.6 Å². The molecule has 1 aromatic carbocycles. The van der Waals surface area contributed by atoms with Crippen molar-refractivity contribution >= 4 is 33.6 Å². The molecule has 0 saturated carbocycles. The van der Waals surface area contributed by atoms with Crippen molar-refractivity contribution in [3.05, 3.63) is 28.2 Å². The number of nitrogens with one attached hydrogen (secondary N) is 2. The van der Waals surface area contributed by atoms with Crippen LogP contribution < -0.4 is 10.6 Å². The van der Waals surface area contributed by atoms with E-state index >= 15 is 0 Å². The molecule has 0 radical (unpaired) electrons. The Morgan fingerprint density at radius 1 is 1.42 bits per heavy atom. The number of carbonyl (C=O) groups is 2. The Hall–Kier alpha value is -1.56. The van der Waals surface area contributed by atoms with Gasteiger partial charge in [-0.3, -0.25) is 4.79 Å². The normalized spacial score (nSPS) is 11.7. The fourth-order valence-corrected chi connectivity index (χ4v) is 2.01. The molecule has 1 unspecified atom stereocenters. The lowest BCUT2D eigenvalue weighted by Crippen LogP contribution is -2.31. The van der Waals surface area contributed by atoms with E-state index in [1.165, 1.54) is 0 Å². The number of carboxylic acids is 1. The second kappa shape index (κ2) is 7.13. The molecular formula is C13H17BrN2O3. The number of halogens is 1. The summed E-state index contributed by atoms with van der Waals surface area (Å²) in [6, 6.07) is 5.26. The number of carboxylic acid groups (broad SMARTS) is 1. The molecule has 0 aliphatic heterocycles. The smallest absolute Gasteiger partial charge is 0.319 e. The number of aliphatic carboxylic acids is 1. The molecule has 0 aliphatic rings. The molecule has 19 heavy (non-hydrogen) atoms. The SMILES string of the molecule is Cc1ccc(NC(=O)NCCC(C)C(=O)O)c(Br)c1. The van der Waals surface area contributed by atoms with Crippen molar-refractivity contribution < 1.29 is 14.7 Å². The first-order valence-electron chi connectivity index (χ1n) is 5.94. The summed E-state index contributed by atoms with van der Waals surface area (Å²) in [5, 5.41) is 14.0. The molecule has 0 bridgehead atoms. The van der Waals surface area contributed by atoms with Crippen LogP contribution in [0.1, 0.15) is 18.9 Å². The van der Waals surface area contributed by atoms with Gasteiger partial charge in [0, 0.05) is 11.0 Å². The van der Waals surface area contributed by atoms with Crippen LogP contribution in [0.3, 0.4) is 0 Å². The number of rotatable bonds is 5. The summed E-state index contributed by atoms with van der Waals surface area (Å²) in [6.45, 7) is 3.89. The lowest BCUT2D eigenvalue weighted by molar-refractivity contribution is -0.141. The second-order valence-corrected chi connectivity index (χ2v) is 5.25. The van der Waals surface area contributed by atoms with Crippen LogP contribution >= 0.6 is 15.9 Å². The van der Waals surface area contributed by atoms with Crippen LogP contribution in [0.15, 0.2) is 22.7 Å². The van der Waals surface area contributed by atoms with Crippen LogP contribution in [-0.4, -0.2) is 23.7 Å². The molecule has 0 heterocycles. The number of aryl methyl sites for hydroxylation is 1. The Morgan fingerprint density at radius 2 is 2.11 bits per heavy atom. The van der Waals surface area contributed by atoms with Crippen molar-refractivity contribution in [3.63, 3.8) is 0 Å². The van der Waals surface area contributed by atoms with Gasteiger partial charge in [0.15, 0.2) is 0 Å². The van der Waals surface area contributed by atoms with E-state index in [1.807, 2.05) is 19.1 Å². The number of urea groups is 1. The quantitative estimate of drug-likeness (QED) is 0.777. The Kier molecular flexibility index (Phi) is 5.82. The third kappa shape index (κ3) is 5.30. The molecule has 0 saturated heterocycles. The van der Waals surface area contributed by atoms with Gasteiger partial charge in [0.25, 0.3) is 0 Å². The molecular weight excluding hydrogens is 312 g/mol. The summed E-state index contributed by atoms with van der Waals surface area (Å²) < 4.78 is 0.807. The summed E-state index contributed by atoms with van der Waals surface area (Å²) in [5.41, 5.74) is 1.77. The van der Waals surface area contributed by atoms with E-state index in [0.717, 1.165) is 10.0 Å². The highest BCUT2D eigenvalue weighted by Gasteiger charge is 2.11. The van der Waals surface area contributed by atoms with Crippen molar-refractivity contribution in [1.29, 1.82) is 0 Å². The minimum Gasteiger partial charge on any atom is -0.481 e. The third-order valence-electron chi connectivity index (χ3n) is 2.66. The summed E-state index contributed by atoms with van der Waals surface area (Å²) in [5.74, 6) is -1.32. The van der Waals surface area contributed by atoms with E-state index in [0.29, 0.717) is 18.7 Å². The maximum atomic E-state index is 11.6. The topological polar surface area (TPSA) is 78.4 Å². The van der Waals surface area contributed by atoms with E-state index in [9.17, 15) is 9.59 Å². The fourth-order valence-electron chi connectivity index (χ4n) is 1.41. The highest BCUT2D eigenvalue weighted by molar-refractivity contribution is 9.10. The first kappa shape index (κ1) is 15.5. The number of amides is 2. The standard InChI is InChI=1S/C13H17BrN2O3/c1-8-3-4-11(10(14)7-8)16-13(19)15-6-5-9(2)12(17)18/h3-4,7,9H,5-6H2,1-2H3,(H,17,18)(H2,15,16,19). The van der Waals surface area contributed by atoms with Gasteiger partial charge in [-0.1, -0.05) is 13.0 Å². The minimum atomic E-state index is -0.858. The Bertz CT molecular complexity index is 477. The van der Waals surface area contributed by atoms with Crippen LogP contribution in [0, 0.1) is 12.8 Å². The molecule has 5 nitrogen and oxygen atoms in total. The molecule has 104 valence electrons. The summed E-state index contributed by atoms with van der Waals surface area (Å²) in [4.78, 5) is 22.2. The Balaban J connectivity index is 2.41. The number of benzene rings is 1. The Labute approximate surface area is 120 Å². The lowest BCUT2D eigenvalue weighted by atomic mass is 10.1. The third-order valence-corrected chi connectivity index (χ3v) is 3.31. The first-order valence-corrected chi connectivity index (χ1v) is 6.73. The van der Waals surface area contributed by atoms with Gasteiger partial charge < -0.3 is 15.7 Å². The van der Waals surface area contributed by atoms with E-state index in [-0.39, 0.29) is 6.03 Å². The fraction of sp³-hybridized carbons (Fsp3) is 0.385. The van der Waals surface area contributed by atoms with Gasteiger partial charge in [-0.2, -0.15) is 0 Å². The Morgan fingerprint density at radius 3 is 2.68 bits per heavy atom. The molecule has 1 atom stereocenters. The van der Waals surface area contributed by atoms with Crippen LogP contribution in [0.25, 0.3) is 0 Å². The predicted octanol–water partition coefficient (Wildman–Crippen LogP) is 2.99. The second-order valence-electron chi connectivity index (χ2n) is 4.39. The molecule has 0 spiro atoms. The summed E-state index contributed by atoms with van der Waals surface area (Å²) in [7, 11) is 0. The van der Waals surface area contributed by atoms with E-state index in [2.05, 4.69) is 26.6 Å². The van der Waals surface area contributed by atoms with Gasteiger partial charge in [-0.05, 0) is 47.0 Å². The molecule has 0 aliphatic carbocycles. The van der Waals surface area contributed by atoms with Crippen molar-refractivity contribution in [1.82, 2.24) is 5.32 Å². The maximum Gasteiger partial charge on any atom is 0.319 e. The van der Waals surface area contributed by atoms with Crippen molar-refractivity contribution in [2.75, 3.05) is 11.9 Å². The average molecular weight is 329 g/mol. The van der Waals surface area contributed by atoms with Gasteiger partial charge in [0.2, 0.25) is 0 Å². The molecule has 6 heteroatoms. The number of hydrogen-bond acceptors (Lipinski definition) is 2. The van der Waals surface area contributed by atoms with Crippen molar-refractivity contribution in [2.45, 2.75) is 20.3 Å². The summed E-state index contributed by atoms with van der Waals surface area (Å²) in [6.07, 6.45) is 0.401. The number of hydrogen-bond donors (Lipinski definition) is 3. The van der Waals surface area contributed by atoms with Crippen molar-refractivity contribution in [3.8, 4) is 0 Å². The largest absolute Gasteiger partial charge is 0.481 e. The van der Waals surface area contributed by atoms with Crippen LogP contribution in [-0.2, 0) is 4.79 Å². The van der Waals surface area contributed by atoms with E-state index < -0.39 is 11.9 Å². The zero-order valence-electron chi connectivity index (χ0n) is 10.9. The van der Waals surface area contributed by atoms with Gasteiger partial charge >= 0.3 is 12.0 Å². The zero-order valence-corrected chi connectivity index (χ0v) is 12.5. The van der Waals surface area contributed by atoms with Crippen molar-refractivity contribution in [2.24, 2.45) is 5.92 Å². The lowest BCUT2D eigenvalue weighted by Gasteiger charge is -2.10. The molecule has 3 N–H and O–H groups in total. The highest BCUT2D eigenvalue weighted by Crippen LogP contribution is 2.23. The maximum absolute atomic E-state index is 11.6. The molecule has 1 aromatic rings. The highest BCUT2D eigenvalue weighted by atomic mass is 79.9. The van der Waals surface area contributed by atoms with Crippen LogP contribution in [0.4, 0.5) is 10.5 Å². The number of carbonyl (C=O) groups excluding carboxylic acids is 1. The van der Waals surface area contributed by atoms with Gasteiger partial charge in [0.1, 0.15) is 0 Å². The minimum absolute atomic E-state index is 0.322. The monoisotopic (exact) mass is 328 g/mol. The molecule has 1 rings (SSSR count). The molecule has 0 fully saturated rings. The average Bonchev–Trinajstić information content (AvgIpc) is 2.32.